The Balaban J connectivity index is 1.42. The second-order valence-corrected chi connectivity index (χ2v) is 10.8. The monoisotopic (exact) mass is 508 g/mol. The zero-order valence-corrected chi connectivity index (χ0v) is 20.3. The Morgan fingerprint density at radius 1 is 1.16 bits per heavy atom. The molecule has 6 nitrogen and oxygen atoms in total. The number of rotatable bonds is 8. The number of ether oxygens (including phenoxy) is 1. The summed E-state index contributed by atoms with van der Waals surface area (Å²) in [6, 6.07) is 13.2. The summed E-state index contributed by atoms with van der Waals surface area (Å²) in [7, 11) is -3.40. The Labute approximate surface area is 193 Å². The molecule has 1 N–H and O–H groups in total. The van der Waals surface area contributed by atoms with Crippen molar-refractivity contribution in [2.45, 2.75) is 32.4 Å². The number of aryl methyl sites for hydroxylation is 1. The number of hydrogen-bond acceptors (Lipinski definition) is 4. The van der Waals surface area contributed by atoms with Crippen molar-refractivity contribution in [3.63, 3.8) is 0 Å². The van der Waals surface area contributed by atoms with Crippen LogP contribution in [0.25, 0.3) is 0 Å². The molecule has 0 atom stereocenters. The number of sulfonamides is 1. The van der Waals surface area contributed by atoms with Crippen molar-refractivity contribution in [1.29, 1.82) is 0 Å². The quantitative estimate of drug-likeness (QED) is 0.550. The molecular formula is C23H29BrN2O4S. The molecule has 1 aliphatic rings. The van der Waals surface area contributed by atoms with Crippen molar-refractivity contribution in [2.24, 2.45) is 5.92 Å². The number of nitrogens with zero attached hydrogens (tertiary/aromatic N) is 1. The number of benzene rings is 2. The predicted molar refractivity (Wildman–Crippen MR) is 125 cm³/mol. The number of halogens is 1. The van der Waals surface area contributed by atoms with Crippen molar-refractivity contribution in [3.8, 4) is 5.75 Å². The molecule has 2 aromatic rings. The van der Waals surface area contributed by atoms with Gasteiger partial charge in [-0.1, -0.05) is 40.2 Å². The molecule has 0 radical (unpaired) electrons. The van der Waals surface area contributed by atoms with E-state index >= 15 is 0 Å². The molecular weight excluding hydrogens is 480 g/mol. The first-order chi connectivity index (χ1) is 14.8. The van der Waals surface area contributed by atoms with Crippen LogP contribution in [0.4, 0.5) is 0 Å². The molecule has 0 unspecified atom stereocenters. The molecule has 2 aromatic carbocycles. The first-order valence-corrected chi connectivity index (χ1v) is 12.9. The standard InChI is InChI=1S/C23H29BrN2O4S/c1-17-5-3-8-22(18(17)2)30-14-11-25-23(27)20-9-12-26(13-10-20)31(28,29)16-19-6-4-7-21(24)15-19/h3-8,15,20H,9-14,16H2,1-2H3,(H,25,27). The van der Waals surface area contributed by atoms with Crippen LogP contribution >= 0.6 is 15.9 Å². The molecule has 0 saturated carbocycles. The van der Waals surface area contributed by atoms with Gasteiger partial charge in [0.15, 0.2) is 0 Å². The van der Waals surface area contributed by atoms with Crippen LogP contribution in [0.3, 0.4) is 0 Å². The summed E-state index contributed by atoms with van der Waals surface area (Å²) >= 11 is 3.37. The summed E-state index contributed by atoms with van der Waals surface area (Å²) in [6.45, 7) is 5.61. The lowest BCUT2D eigenvalue weighted by Crippen LogP contribution is -2.43. The summed E-state index contributed by atoms with van der Waals surface area (Å²) < 4.78 is 33.6. The minimum Gasteiger partial charge on any atom is -0.491 e. The van der Waals surface area contributed by atoms with Gasteiger partial charge in [0.1, 0.15) is 12.4 Å². The number of amides is 1. The van der Waals surface area contributed by atoms with Gasteiger partial charge in [0.25, 0.3) is 0 Å². The van der Waals surface area contributed by atoms with Gasteiger partial charge in [0, 0.05) is 23.5 Å². The Morgan fingerprint density at radius 2 is 1.87 bits per heavy atom. The molecule has 8 heteroatoms. The predicted octanol–water partition coefficient (Wildman–Crippen LogP) is 3.80. The van der Waals surface area contributed by atoms with E-state index in [4.69, 9.17) is 4.74 Å². The molecule has 1 fully saturated rings. The fourth-order valence-corrected chi connectivity index (χ4v) is 5.68. The Bertz CT molecular complexity index is 1020. The average Bonchev–Trinajstić information content (AvgIpc) is 2.73. The summed E-state index contributed by atoms with van der Waals surface area (Å²) in [5.74, 6) is 0.601. The first kappa shape index (κ1) is 23.8. The number of hydrogen-bond donors (Lipinski definition) is 1. The van der Waals surface area contributed by atoms with Crippen molar-refractivity contribution < 1.29 is 17.9 Å². The van der Waals surface area contributed by atoms with E-state index < -0.39 is 10.0 Å². The van der Waals surface area contributed by atoms with E-state index in [2.05, 4.69) is 21.2 Å². The van der Waals surface area contributed by atoms with Crippen molar-refractivity contribution in [1.82, 2.24) is 9.62 Å². The van der Waals surface area contributed by atoms with E-state index in [9.17, 15) is 13.2 Å². The van der Waals surface area contributed by atoms with Crippen LogP contribution in [0, 0.1) is 19.8 Å². The van der Waals surface area contributed by atoms with Gasteiger partial charge in [-0.25, -0.2) is 12.7 Å². The molecule has 3 rings (SSSR count). The maximum Gasteiger partial charge on any atom is 0.223 e. The van der Waals surface area contributed by atoms with Crippen LogP contribution in [0.1, 0.15) is 29.5 Å². The maximum absolute atomic E-state index is 12.7. The van der Waals surface area contributed by atoms with E-state index in [0.717, 1.165) is 21.3 Å². The first-order valence-electron chi connectivity index (χ1n) is 10.5. The van der Waals surface area contributed by atoms with Crippen LogP contribution in [0.15, 0.2) is 46.9 Å². The normalized spacial score (nSPS) is 15.6. The fraction of sp³-hybridized carbons (Fsp3) is 0.435. The van der Waals surface area contributed by atoms with Crippen LogP contribution < -0.4 is 10.1 Å². The van der Waals surface area contributed by atoms with Gasteiger partial charge in [0.2, 0.25) is 15.9 Å². The average molecular weight is 509 g/mol. The molecule has 0 spiro atoms. The summed E-state index contributed by atoms with van der Waals surface area (Å²) in [4.78, 5) is 12.5. The van der Waals surface area contributed by atoms with Gasteiger partial charge in [-0.05, 0) is 61.6 Å². The second-order valence-electron chi connectivity index (χ2n) is 7.90. The molecule has 0 bridgehead atoms. The highest BCUT2D eigenvalue weighted by atomic mass is 79.9. The van der Waals surface area contributed by atoms with Crippen LogP contribution in [0.2, 0.25) is 0 Å². The Kier molecular flexibility index (Phi) is 8.13. The molecule has 31 heavy (non-hydrogen) atoms. The van der Waals surface area contributed by atoms with Crippen molar-refractivity contribution in [2.75, 3.05) is 26.2 Å². The minimum atomic E-state index is -3.40. The molecule has 1 heterocycles. The van der Waals surface area contributed by atoms with E-state index in [1.54, 1.807) is 0 Å². The van der Waals surface area contributed by atoms with E-state index in [0.29, 0.717) is 39.1 Å². The SMILES string of the molecule is Cc1cccc(OCCNC(=O)C2CCN(S(=O)(=O)Cc3cccc(Br)c3)CC2)c1C. The maximum atomic E-state index is 12.7. The summed E-state index contributed by atoms with van der Waals surface area (Å²) in [5, 5.41) is 2.92. The highest BCUT2D eigenvalue weighted by Crippen LogP contribution is 2.23. The van der Waals surface area contributed by atoms with Gasteiger partial charge in [-0.3, -0.25) is 4.79 Å². The summed E-state index contributed by atoms with van der Waals surface area (Å²) in [5.41, 5.74) is 3.02. The molecule has 0 aliphatic carbocycles. The topological polar surface area (TPSA) is 75.7 Å². The highest BCUT2D eigenvalue weighted by molar-refractivity contribution is 9.10. The van der Waals surface area contributed by atoms with Gasteiger partial charge in [-0.15, -0.1) is 0 Å². The van der Waals surface area contributed by atoms with Gasteiger partial charge in [0.05, 0.1) is 12.3 Å². The zero-order valence-electron chi connectivity index (χ0n) is 17.9. The van der Waals surface area contributed by atoms with Crippen molar-refractivity contribution in [3.05, 3.63) is 63.6 Å². The molecule has 168 valence electrons. The van der Waals surface area contributed by atoms with E-state index in [-0.39, 0.29) is 17.6 Å². The van der Waals surface area contributed by atoms with Gasteiger partial charge >= 0.3 is 0 Å². The van der Waals surface area contributed by atoms with E-state index in [1.165, 1.54) is 9.87 Å². The molecule has 1 aliphatic heterocycles. The second kappa shape index (κ2) is 10.6. The molecule has 0 aromatic heterocycles. The number of carbonyl (C=O) groups excluding carboxylic acids is 1. The lowest BCUT2D eigenvalue weighted by atomic mass is 9.97. The third-order valence-corrected chi connectivity index (χ3v) is 8.01. The van der Waals surface area contributed by atoms with Crippen LogP contribution in [0.5, 0.6) is 5.75 Å². The van der Waals surface area contributed by atoms with Gasteiger partial charge < -0.3 is 10.1 Å². The summed E-state index contributed by atoms with van der Waals surface area (Å²) in [6.07, 6.45) is 1.06. The number of carbonyl (C=O) groups is 1. The lowest BCUT2D eigenvalue weighted by Gasteiger charge is -2.30. The fourth-order valence-electron chi connectivity index (χ4n) is 3.68. The van der Waals surface area contributed by atoms with Crippen LogP contribution in [-0.4, -0.2) is 44.9 Å². The smallest absolute Gasteiger partial charge is 0.223 e. The third kappa shape index (κ3) is 6.54. The number of piperidine rings is 1. The van der Waals surface area contributed by atoms with Crippen LogP contribution in [-0.2, 0) is 20.6 Å². The van der Waals surface area contributed by atoms with Gasteiger partial charge in [-0.2, -0.15) is 0 Å². The molecule has 1 saturated heterocycles. The van der Waals surface area contributed by atoms with Crippen molar-refractivity contribution >= 4 is 31.9 Å². The largest absolute Gasteiger partial charge is 0.491 e. The zero-order chi connectivity index (χ0) is 22.4. The highest BCUT2D eigenvalue weighted by Gasteiger charge is 2.31. The minimum absolute atomic E-state index is 0.0288. The van der Waals surface area contributed by atoms with E-state index in [1.807, 2.05) is 56.3 Å². The lowest BCUT2D eigenvalue weighted by molar-refractivity contribution is -0.126. The Hall–Kier alpha value is -1.90. The number of nitrogens with one attached hydrogen (secondary N) is 1. The molecule has 1 amide bonds. The third-order valence-electron chi connectivity index (χ3n) is 5.67. The Morgan fingerprint density at radius 3 is 2.58 bits per heavy atom.